The van der Waals surface area contributed by atoms with Crippen LogP contribution in [0.25, 0.3) is 0 Å². The van der Waals surface area contributed by atoms with Gasteiger partial charge in [0.05, 0.1) is 23.9 Å². The fraction of sp³-hybridized carbons (Fsp3) is 0.100. The van der Waals surface area contributed by atoms with Crippen LogP contribution in [0.3, 0.4) is 0 Å². The van der Waals surface area contributed by atoms with Crippen LogP contribution < -0.4 is 0 Å². The molecule has 1 N–H and O–H groups in total. The highest BCUT2D eigenvalue weighted by Crippen LogP contribution is 2.12. The van der Waals surface area contributed by atoms with E-state index in [1.807, 2.05) is 0 Å². The minimum absolute atomic E-state index is 0.168. The third-order valence-electron chi connectivity index (χ3n) is 2.09. The summed E-state index contributed by atoms with van der Waals surface area (Å²) in [7, 11) is 0. The van der Waals surface area contributed by atoms with E-state index in [1.165, 1.54) is 10.7 Å². The molecule has 1 aromatic carbocycles. The zero-order chi connectivity index (χ0) is 11.5. The lowest BCUT2D eigenvalue weighted by Crippen LogP contribution is -2.00. The molecule has 0 saturated heterocycles. The van der Waals surface area contributed by atoms with Crippen molar-refractivity contribution in [1.29, 1.82) is 0 Å². The van der Waals surface area contributed by atoms with Crippen molar-refractivity contribution < 1.29 is 10.0 Å². The van der Waals surface area contributed by atoms with Gasteiger partial charge in [-0.2, -0.15) is 4.68 Å². The normalized spacial score (nSPS) is 10.2. The van der Waals surface area contributed by atoms with Crippen molar-refractivity contribution >= 4 is 5.82 Å². The summed E-state index contributed by atoms with van der Waals surface area (Å²) < 4.78 is 1.48. The molecule has 1 aromatic heterocycles. The molecule has 0 saturated carbocycles. The number of phenols is 1. The molecule has 16 heavy (non-hydrogen) atoms. The summed E-state index contributed by atoms with van der Waals surface area (Å²) in [5.41, 5.74) is 0.913. The summed E-state index contributed by atoms with van der Waals surface area (Å²) in [5.74, 6) is 0.0222. The highest BCUT2D eigenvalue weighted by Gasteiger charge is 2.10. The van der Waals surface area contributed by atoms with Crippen molar-refractivity contribution in [2.24, 2.45) is 0 Å². The largest absolute Gasteiger partial charge is 0.508 e. The van der Waals surface area contributed by atoms with Gasteiger partial charge < -0.3 is 15.2 Å². The minimum atomic E-state index is -0.534. The van der Waals surface area contributed by atoms with E-state index in [-0.39, 0.29) is 11.6 Å². The summed E-state index contributed by atoms with van der Waals surface area (Å²) in [4.78, 5) is 9.87. The van der Waals surface area contributed by atoms with Crippen LogP contribution in [0.1, 0.15) is 5.56 Å². The van der Waals surface area contributed by atoms with Gasteiger partial charge in [-0.1, -0.05) is 12.1 Å². The maximum absolute atomic E-state index is 10.4. The molecule has 2 rings (SSSR count). The van der Waals surface area contributed by atoms with E-state index in [4.69, 9.17) is 5.11 Å². The van der Waals surface area contributed by atoms with Crippen LogP contribution in [-0.4, -0.2) is 19.8 Å². The Morgan fingerprint density at radius 1 is 1.31 bits per heavy atom. The summed E-state index contributed by atoms with van der Waals surface area (Å²) in [6.45, 7) is 0.439. The lowest BCUT2D eigenvalue weighted by Gasteiger charge is -1.98. The van der Waals surface area contributed by atoms with Gasteiger partial charge in [0.25, 0.3) is 0 Å². The lowest BCUT2D eigenvalue weighted by molar-refractivity contribution is -0.389. The topological polar surface area (TPSA) is 81.2 Å². The molecule has 0 aliphatic carbocycles. The van der Waals surface area contributed by atoms with Crippen LogP contribution in [0.5, 0.6) is 5.75 Å². The van der Waals surface area contributed by atoms with E-state index in [2.05, 4.69) is 5.10 Å². The van der Waals surface area contributed by atoms with Crippen molar-refractivity contribution in [3.63, 3.8) is 0 Å². The van der Waals surface area contributed by atoms with E-state index in [0.29, 0.717) is 6.54 Å². The van der Waals surface area contributed by atoms with Crippen LogP contribution in [0.4, 0.5) is 5.82 Å². The first kappa shape index (κ1) is 10.2. The molecule has 0 atom stereocenters. The average Bonchev–Trinajstić information content (AvgIpc) is 2.70. The standard InChI is InChI=1S/C10H9N3O3/c14-9-3-1-8(2-4-9)7-12-6-5-10(11-12)13(15)16/h1-6,14H,7H2. The summed E-state index contributed by atoms with van der Waals surface area (Å²) in [6.07, 6.45) is 1.55. The van der Waals surface area contributed by atoms with E-state index in [9.17, 15) is 10.1 Å². The first-order valence-electron chi connectivity index (χ1n) is 4.61. The maximum atomic E-state index is 10.4. The Bertz CT molecular complexity index is 504. The molecule has 0 spiro atoms. The zero-order valence-electron chi connectivity index (χ0n) is 8.28. The van der Waals surface area contributed by atoms with Crippen LogP contribution in [-0.2, 0) is 6.54 Å². The van der Waals surface area contributed by atoms with Gasteiger partial charge in [0.1, 0.15) is 5.75 Å². The fourth-order valence-electron chi connectivity index (χ4n) is 1.32. The molecule has 0 bridgehead atoms. The average molecular weight is 219 g/mol. The van der Waals surface area contributed by atoms with Crippen molar-refractivity contribution in [1.82, 2.24) is 9.78 Å². The molecule has 0 fully saturated rings. The Labute approximate surface area is 90.9 Å². The highest BCUT2D eigenvalue weighted by atomic mass is 16.6. The monoisotopic (exact) mass is 219 g/mol. The molecule has 0 amide bonds. The Morgan fingerprint density at radius 3 is 2.56 bits per heavy atom. The number of aromatic hydroxyl groups is 1. The highest BCUT2D eigenvalue weighted by molar-refractivity contribution is 5.26. The molecule has 0 aliphatic rings. The van der Waals surface area contributed by atoms with Crippen molar-refractivity contribution in [2.45, 2.75) is 6.54 Å². The molecule has 6 heteroatoms. The van der Waals surface area contributed by atoms with E-state index in [0.717, 1.165) is 5.56 Å². The maximum Gasteiger partial charge on any atom is 0.389 e. The third kappa shape index (κ3) is 2.17. The SMILES string of the molecule is O=[N+]([O-])c1ccn(Cc2ccc(O)cc2)n1. The minimum Gasteiger partial charge on any atom is -0.508 e. The van der Waals surface area contributed by atoms with E-state index < -0.39 is 4.92 Å². The van der Waals surface area contributed by atoms with Gasteiger partial charge >= 0.3 is 5.82 Å². The van der Waals surface area contributed by atoms with E-state index in [1.54, 1.807) is 30.5 Å². The summed E-state index contributed by atoms with van der Waals surface area (Å²) in [5, 5.41) is 23.3. The quantitative estimate of drug-likeness (QED) is 0.627. The van der Waals surface area contributed by atoms with Gasteiger partial charge in [0.2, 0.25) is 0 Å². The Kier molecular flexibility index (Phi) is 2.55. The number of hydrogen-bond donors (Lipinski definition) is 1. The Hall–Kier alpha value is -2.37. The second-order valence-electron chi connectivity index (χ2n) is 3.30. The molecule has 6 nitrogen and oxygen atoms in total. The lowest BCUT2D eigenvalue weighted by atomic mass is 10.2. The van der Waals surface area contributed by atoms with Crippen LogP contribution >= 0.6 is 0 Å². The molecule has 0 radical (unpaired) electrons. The number of phenolic OH excluding ortho intramolecular Hbond substituents is 1. The summed E-state index contributed by atoms with van der Waals surface area (Å²) in [6, 6.07) is 7.95. The van der Waals surface area contributed by atoms with Crippen molar-refractivity contribution in [3.8, 4) is 5.75 Å². The third-order valence-corrected chi connectivity index (χ3v) is 2.09. The molecule has 0 unspecified atom stereocenters. The van der Waals surface area contributed by atoms with E-state index >= 15 is 0 Å². The molecular weight excluding hydrogens is 210 g/mol. The number of hydrogen-bond acceptors (Lipinski definition) is 4. The fourth-order valence-corrected chi connectivity index (χ4v) is 1.32. The second-order valence-corrected chi connectivity index (χ2v) is 3.30. The zero-order valence-corrected chi connectivity index (χ0v) is 8.28. The van der Waals surface area contributed by atoms with Crippen LogP contribution in [0.2, 0.25) is 0 Å². The van der Waals surface area contributed by atoms with Gasteiger partial charge in [-0.05, 0) is 22.6 Å². The number of nitro groups is 1. The van der Waals surface area contributed by atoms with Gasteiger partial charge in [0.15, 0.2) is 0 Å². The van der Waals surface area contributed by atoms with Gasteiger partial charge in [0, 0.05) is 0 Å². The number of rotatable bonds is 3. The van der Waals surface area contributed by atoms with Gasteiger partial charge in [-0.25, -0.2) is 0 Å². The van der Waals surface area contributed by atoms with Crippen molar-refractivity contribution in [2.75, 3.05) is 0 Å². The van der Waals surface area contributed by atoms with Crippen molar-refractivity contribution in [3.05, 3.63) is 52.2 Å². The number of benzene rings is 1. The first-order chi connectivity index (χ1) is 7.65. The van der Waals surface area contributed by atoms with Crippen LogP contribution in [0.15, 0.2) is 36.5 Å². The molecule has 82 valence electrons. The Morgan fingerprint density at radius 2 is 2.00 bits per heavy atom. The number of nitrogens with zero attached hydrogens (tertiary/aromatic N) is 3. The molecule has 2 aromatic rings. The molecule has 0 aliphatic heterocycles. The second kappa shape index (κ2) is 4.01. The molecule has 1 heterocycles. The predicted octanol–water partition coefficient (Wildman–Crippen LogP) is 1.55. The van der Waals surface area contributed by atoms with Gasteiger partial charge in [-0.3, -0.25) is 0 Å². The Balaban J connectivity index is 2.14. The summed E-state index contributed by atoms with van der Waals surface area (Å²) >= 11 is 0. The first-order valence-corrected chi connectivity index (χ1v) is 4.61. The predicted molar refractivity (Wildman–Crippen MR) is 56.1 cm³/mol. The number of aromatic nitrogens is 2. The smallest absolute Gasteiger partial charge is 0.389 e. The molecular formula is C10H9N3O3. The van der Waals surface area contributed by atoms with Crippen LogP contribution in [0, 0.1) is 10.1 Å². The van der Waals surface area contributed by atoms with Gasteiger partial charge in [-0.15, -0.1) is 0 Å².